The first-order valence-corrected chi connectivity index (χ1v) is 9.38. The summed E-state index contributed by atoms with van der Waals surface area (Å²) >= 11 is 0. The molecule has 0 saturated carbocycles. The molecule has 1 saturated heterocycles. The summed E-state index contributed by atoms with van der Waals surface area (Å²) in [5, 5.41) is 7.31. The highest BCUT2D eigenvalue weighted by Crippen LogP contribution is 2.38. The normalized spacial score (nSPS) is 16.4. The van der Waals surface area contributed by atoms with Gasteiger partial charge in [-0.25, -0.2) is 4.79 Å². The number of aryl methyl sites for hydroxylation is 2. The second kappa shape index (κ2) is 8.79. The zero-order valence-electron chi connectivity index (χ0n) is 16.3. The molecule has 2 heterocycles. The fourth-order valence-corrected chi connectivity index (χ4v) is 3.56. The number of hydrogen-bond donors (Lipinski definition) is 1. The zero-order chi connectivity index (χ0) is 19.2. The second-order valence-corrected chi connectivity index (χ2v) is 6.83. The molecular weight excluding hydrogens is 344 g/mol. The Labute approximate surface area is 160 Å². The lowest BCUT2D eigenvalue weighted by molar-refractivity contribution is 0.191. The third-order valence-electron chi connectivity index (χ3n) is 4.91. The van der Waals surface area contributed by atoms with Crippen molar-refractivity contribution in [2.75, 3.05) is 27.3 Å². The molecule has 2 amide bonds. The lowest BCUT2D eigenvalue weighted by atomic mass is 10.0. The van der Waals surface area contributed by atoms with Gasteiger partial charge in [0.25, 0.3) is 0 Å². The van der Waals surface area contributed by atoms with Crippen LogP contribution in [0.25, 0.3) is 0 Å². The van der Waals surface area contributed by atoms with E-state index in [1.165, 1.54) is 0 Å². The summed E-state index contributed by atoms with van der Waals surface area (Å²) in [6, 6.07) is 5.71. The molecule has 1 atom stereocenters. The van der Waals surface area contributed by atoms with Crippen molar-refractivity contribution < 1.29 is 14.3 Å². The van der Waals surface area contributed by atoms with E-state index >= 15 is 0 Å². The van der Waals surface area contributed by atoms with Crippen molar-refractivity contribution >= 4 is 6.03 Å². The molecule has 1 aliphatic rings. The van der Waals surface area contributed by atoms with Gasteiger partial charge in [0.05, 0.1) is 26.5 Å². The molecule has 146 valence electrons. The number of carbonyl (C=O) groups is 1. The number of benzene rings is 1. The van der Waals surface area contributed by atoms with E-state index in [1.807, 2.05) is 47.1 Å². The van der Waals surface area contributed by atoms with Crippen LogP contribution in [-0.4, -0.2) is 48.0 Å². The average Bonchev–Trinajstić information content (AvgIpc) is 3.33. The predicted molar refractivity (Wildman–Crippen MR) is 103 cm³/mol. The molecule has 3 rings (SSSR count). The van der Waals surface area contributed by atoms with Crippen LogP contribution in [0.2, 0.25) is 0 Å². The highest BCUT2D eigenvalue weighted by atomic mass is 16.5. The van der Waals surface area contributed by atoms with Gasteiger partial charge in [0, 0.05) is 31.4 Å². The molecule has 7 heteroatoms. The van der Waals surface area contributed by atoms with Crippen LogP contribution in [-0.2, 0) is 6.54 Å². The fourth-order valence-electron chi connectivity index (χ4n) is 3.56. The fraction of sp³-hybridized carbons (Fsp3) is 0.500. The van der Waals surface area contributed by atoms with Gasteiger partial charge in [0.2, 0.25) is 0 Å². The Morgan fingerprint density at radius 2 is 2.19 bits per heavy atom. The molecule has 2 aromatic rings. The highest BCUT2D eigenvalue weighted by Gasteiger charge is 2.32. The van der Waals surface area contributed by atoms with Gasteiger partial charge >= 0.3 is 6.03 Å². The van der Waals surface area contributed by atoms with Crippen LogP contribution in [0.3, 0.4) is 0 Å². The maximum absolute atomic E-state index is 12.7. The van der Waals surface area contributed by atoms with Crippen molar-refractivity contribution in [3.8, 4) is 11.5 Å². The van der Waals surface area contributed by atoms with Gasteiger partial charge in [-0.2, -0.15) is 5.10 Å². The maximum Gasteiger partial charge on any atom is 0.317 e. The summed E-state index contributed by atoms with van der Waals surface area (Å²) in [7, 11) is 3.30. The van der Waals surface area contributed by atoms with E-state index in [9.17, 15) is 4.79 Å². The Bertz CT molecular complexity index is 774. The van der Waals surface area contributed by atoms with Crippen LogP contribution in [0.1, 0.15) is 36.4 Å². The van der Waals surface area contributed by atoms with Crippen LogP contribution < -0.4 is 14.8 Å². The van der Waals surface area contributed by atoms with Gasteiger partial charge in [-0.15, -0.1) is 0 Å². The summed E-state index contributed by atoms with van der Waals surface area (Å²) in [5.41, 5.74) is 2.14. The number of ether oxygens (including phenoxy) is 2. The molecule has 7 nitrogen and oxygen atoms in total. The molecule has 1 unspecified atom stereocenters. The zero-order valence-corrected chi connectivity index (χ0v) is 16.3. The molecule has 0 bridgehead atoms. The van der Waals surface area contributed by atoms with Crippen molar-refractivity contribution in [2.24, 2.45) is 0 Å². The molecule has 1 aromatic carbocycles. The SMILES string of the molecule is COc1ccc(OC)c(C2CCCN2C(=O)NCCCn2cc(C)cn2)c1. The number of methoxy groups -OCH3 is 2. The molecular formula is C20H28N4O3. The summed E-state index contributed by atoms with van der Waals surface area (Å²) in [4.78, 5) is 14.6. The van der Waals surface area contributed by atoms with Crippen molar-refractivity contribution in [1.82, 2.24) is 20.0 Å². The Kier molecular flexibility index (Phi) is 6.21. The Morgan fingerprint density at radius 1 is 1.33 bits per heavy atom. The first kappa shape index (κ1) is 19.1. The average molecular weight is 372 g/mol. The number of likely N-dealkylation sites (tertiary alicyclic amines) is 1. The van der Waals surface area contributed by atoms with Crippen LogP contribution in [0.4, 0.5) is 4.79 Å². The smallest absolute Gasteiger partial charge is 0.317 e. The van der Waals surface area contributed by atoms with Crippen molar-refractivity contribution in [3.05, 3.63) is 41.7 Å². The van der Waals surface area contributed by atoms with E-state index in [-0.39, 0.29) is 12.1 Å². The summed E-state index contributed by atoms with van der Waals surface area (Å²) in [6.07, 6.45) is 6.59. The van der Waals surface area contributed by atoms with E-state index in [0.29, 0.717) is 6.54 Å². The van der Waals surface area contributed by atoms with Gasteiger partial charge in [-0.3, -0.25) is 4.68 Å². The van der Waals surface area contributed by atoms with Crippen LogP contribution in [0.5, 0.6) is 11.5 Å². The minimum Gasteiger partial charge on any atom is -0.497 e. The third kappa shape index (κ3) is 4.53. The quantitative estimate of drug-likeness (QED) is 0.758. The number of hydrogen-bond acceptors (Lipinski definition) is 4. The molecule has 0 radical (unpaired) electrons. The van der Waals surface area contributed by atoms with Crippen LogP contribution in [0, 0.1) is 6.92 Å². The first-order chi connectivity index (χ1) is 13.1. The van der Waals surface area contributed by atoms with Gasteiger partial charge in [0.15, 0.2) is 0 Å². The molecule has 1 fully saturated rings. The molecule has 0 aliphatic carbocycles. The topological polar surface area (TPSA) is 68.6 Å². The molecule has 1 aromatic heterocycles. The minimum atomic E-state index is -0.0287. The number of carbonyl (C=O) groups excluding carboxylic acids is 1. The van der Waals surface area contributed by atoms with Gasteiger partial charge in [-0.1, -0.05) is 0 Å². The Hall–Kier alpha value is -2.70. The monoisotopic (exact) mass is 372 g/mol. The van der Waals surface area contributed by atoms with Crippen LogP contribution in [0.15, 0.2) is 30.6 Å². The summed E-state index contributed by atoms with van der Waals surface area (Å²) < 4.78 is 12.8. The van der Waals surface area contributed by atoms with Gasteiger partial charge in [0.1, 0.15) is 11.5 Å². The largest absolute Gasteiger partial charge is 0.497 e. The van der Waals surface area contributed by atoms with E-state index in [2.05, 4.69) is 10.4 Å². The second-order valence-electron chi connectivity index (χ2n) is 6.83. The number of rotatable bonds is 7. The number of nitrogens with one attached hydrogen (secondary N) is 1. The van der Waals surface area contributed by atoms with E-state index in [0.717, 1.165) is 55.0 Å². The standard InChI is InChI=1S/C20H28N4O3/c1-15-13-22-23(14-15)10-5-9-21-20(25)24-11-4-6-18(24)17-12-16(26-2)7-8-19(17)27-3/h7-8,12-14,18H,4-6,9-11H2,1-3H3,(H,21,25). The molecule has 27 heavy (non-hydrogen) atoms. The number of aromatic nitrogens is 2. The van der Waals surface area contributed by atoms with E-state index < -0.39 is 0 Å². The van der Waals surface area contributed by atoms with Crippen LogP contribution >= 0.6 is 0 Å². The molecule has 1 aliphatic heterocycles. The van der Waals surface area contributed by atoms with Crippen molar-refractivity contribution in [3.63, 3.8) is 0 Å². The minimum absolute atomic E-state index is 0.00353. The molecule has 1 N–H and O–H groups in total. The number of nitrogens with zero attached hydrogens (tertiary/aromatic N) is 3. The Morgan fingerprint density at radius 3 is 2.89 bits per heavy atom. The van der Waals surface area contributed by atoms with Crippen molar-refractivity contribution in [1.29, 1.82) is 0 Å². The van der Waals surface area contributed by atoms with Crippen molar-refractivity contribution in [2.45, 2.75) is 38.8 Å². The lowest BCUT2D eigenvalue weighted by Gasteiger charge is -2.27. The summed E-state index contributed by atoms with van der Waals surface area (Å²) in [6.45, 7) is 4.18. The lowest BCUT2D eigenvalue weighted by Crippen LogP contribution is -2.40. The molecule has 0 spiro atoms. The summed E-state index contributed by atoms with van der Waals surface area (Å²) in [5.74, 6) is 1.56. The highest BCUT2D eigenvalue weighted by molar-refractivity contribution is 5.75. The van der Waals surface area contributed by atoms with Gasteiger partial charge < -0.3 is 19.7 Å². The maximum atomic E-state index is 12.7. The third-order valence-corrected chi connectivity index (χ3v) is 4.91. The predicted octanol–water partition coefficient (Wildman–Crippen LogP) is 3.15. The number of urea groups is 1. The first-order valence-electron chi connectivity index (χ1n) is 9.38. The van der Waals surface area contributed by atoms with E-state index in [1.54, 1.807) is 14.2 Å². The number of amides is 2. The Balaban J connectivity index is 1.59. The van der Waals surface area contributed by atoms with E-state index in [4.69, 9.17) is 9.47 Å². The van der Waals surface area contributed by atoms with Gasteiger partial charge in [-0.05, 0) is 49.9 Å².